The molecule has 0 spiro atoms. The van der Waals surface area contributed by atoms with Gasteiger partial charge in [0, 0.05) is 38.3 Å². The van der Waals surface area contributed by atoms with Crippen molar-refractivity contribution < 1.29 is 24.1 Å². The average molecular weight is 647 g/mol. The van der Waals surface area contributed by atoms with Crippen LogP contribution in [-0.4, -0.2) is 60.1 Å². The molecule has 7 nitrogen and oxygen atoms in total. The summed E-state index contributed by atoms with van der Waals surface area (Å²) in [7, 11) is 0. The van der Waals surface area contributed by atoms with Crippen LogP contribution in [0.3, 0.4) is 0 Å². The van der Waals surface area contributed by atoms with Crippen LogP contribution < -0.4 is 14.2 Å². The number of ether oxygens (including phenoxy) is 3. The van der Waals surface area contributed by atoms with E-state index in [1.807, 2.05) is 24.3 Å². The number of nitrogens with zero attached hydrogens (tertiary/aromatic N) is 2. The monoisotopic (exact) mass is 646 g/mol. The van der Waals surface area contributed by atoms with E-state index in [2.05, 4.69) is 58.3 Å². The van der Waals surface area contributed by atoms with Crippen LogP contribution in [0.1, 0.15) is 76.4 Å². The Bertz CT molecular complexity index is 1700. The lowest BCUT2D eigenvalue weighted by Crippen LogP contribution is -2.31. The van der Waals surface area contributed by atoms with Crippen LogP contribution in [0.15, 0.2) is 84.9 Å². The van der Waals surface area contributed by atoms with Gasteiger partial charge in [-0.15, -0.1) is 0 Å². The third-order valence-electron chi connectivity index (χ3n) is 9.92. The number of rotatable bonds is 13. The third kappa shape index (κ3) is 7.86. The Labute approximate surface area is 284 Å². The molecule has 1 atom stereocenters. The number of phenols is 1. The van der Waals surface area contributed by atoms with E-state index in [1.54, 1.807) is 6.07 Å². The van der Waals surface area contributed by atoms with E-state index in [0.717, 1.165) is 89.1 Å². The molecule has 3 aliphatic rings. The molecular weight excluding hydrogens is 600 g/mol. The third-order valence-corrected chi connectivity index (χ3v) is 9.92. The van der Waals surface area contributed by atoms with E-state index in [4.69, 9.17) is 14.2 Å². The molecule has 4 aromatic carbocycles. The number of phenolic OH excluding ortho intramolecular Hbond substituents is 1. The van der Waals surface area contributed by atoms with Gasteiger partial charge in [0.15, 0.2) is 5.78 Å². The van der Waals surface area contributed by atoms with Crippen molar-refractivity contribution in [2.45, 2.75) is 64.1 Å². The lowest BCUT2D eigenvalue weighted by Gasteiger charge is -2.28. The first-order chi connectivity index (χ1) is 23.6. The Hall–Kier alpha value is -4.33. The molecule has 48 heavy (non-hydrogen) atoms. The Morgan fingerprint density at radius 2 is 1.25 bits per heavy atom. The fourth-order valence-corrected chi connectivity index (χ4v) is 7.21. The summed E-state index contributed by atoms with van der Waals surface area (Å²) in [5.41, 5.74) is 6.98. The minimum atomic E-state index is -0.432. The summed E-state index contributed by atoms with van der Waals surface area (Å²) in [6, 6.07) is 28.5. The maximum absolute atomic E-state index is 13.1. The van der Waals surface area contributed by atoms with Gasteiger partial charge >= 0.3 is 0 Å². The van der Waals surface area contributed by atoms with Crippen molar-refractivity contribution in [3.05, 3.63) is 118 Å². The largest absolute Gasteiger partial charge is 0.507 e. The van der Waals surface area contributed by atoms with E-state index < -0.39 is 6.10 Å². The smallest absolute Gasteiger partial charge is 0.174 e. The SMILES string of the molecule is O=C1CC(c2ccc(OCCCCN3CCc4ccccc4C3)cc2)Oc2cc(OCCCCN3CCc4ccccc4C3)cc(O)c21. The van der Waals surface area contributed by atoms with E-state index in [1.165, 1.54) is 28.3 Å². The Kier molecular flexibility index (Phi) is 10.2. The molecule has 250 valence electrons. The van der Waals surface area contributed by atoms with Gasteiger partial charge in [-0.1, -0.05) is 60.7 Å². The van der Waals surface area contributed by atoms with Gasteiger partial charge in [0.1, 0.15) is 34.7 Å². The highest BCUT2D eigenvalue weighted by atomic mass is 16.5. The number of aromatic hydroxyl groups is 1. The molecule has 1 unspecified atom stereocenters. The van der Waals surface area contributed by atoms with Gasteiger partial charge in [0.25, 0.3) is 0 Å². The first kappa shape index (κ1) is 32.2. The van der Waals surface area contributed by atoms with Crippen molar-refractivity contribution >= 4 is 5.78 Å². The summed E-state index contributed by atoms with van der Waals surface area (Å²) in [5, 5.41) is 10.7. The summed E-state index contributed by atoms with van der Waals surface area (Å²) in [4.78, 5) is 18.1. The molecule has 7 heteroatoms. The number of hydrogen-bond donors (Lipinski definition) is 1. The van der Waals surface area contributed by atoms with Gasteiger partial charge in [-0.05, 0) is 91.6 Å². The zero-order chi connectivity index (χ0) is 32.7. The van der Waals surface area contributed by atoms with Crippen molar-refractivity contribution in [1.82, 2.24) is 9.80 Å². The summed E-state index contributed by atoms with van der Waals surface area (Å²) in [6.07, 6.45) is 6.01. The molecule has 0 aromatic heterocycles. The quantitative estimate of drug-likeness (QED) is 0.151. The average Bonchev–Trinajstić information content (AvgIpc) is 3.11. The molecule has 0 fully saturated rings. The Morgan fingerprint density at radius 1 is 0.688 bits per heavy atom. The van der Waals surface area contributed by atoms with Crippen LogP contribution in [0.2, 0.25) is 0 Å². The Morgan fingerprint density at radius 3 is 1.85 bits per heavy atom. The number of Topliss-reactive ketones (excluding diaryl/α,β-unsaturated/α-hetero) is 1. The topological polar surface area (TPSA) is 71.5 Å². The molecule has 0 aliphatic carbocycles. The van der Waals surface area contributed by atoms with Gasteiger partial charge in [-0.3, -0.25) is 14.6 Å². The molecule has 7 rings (SSSR count). The zero-order valence-electron chi connectivity index (χ0n) is 27.7. The van der Waals surface area contributed by atoms with Crippen LogP contribution in [0.4, 0.5) is 0 Å². The number of carbonyl (C=O) groups excluding carboxylic acids is 1. The van der Waals surface area contributed by atoms with Crippen molar-refractivity contribution in [3.8, 4) is 23.0 Å². The van der Waals surface area contributed by atoms with Gasteiger partial charge < -0.3 is 19.3 Å². The highest BCUT2D eigenvalue weighted by molar-refractivity contribution is 6.02. The number of benzene rings is 4. The fourth-order valence-electron chi connectivity index (χ4n) is 7.21. The molecule has 0 radical (unpaired) electrons. The highest BCUT2D eigenvalue weighted by Gasteiger charge is 2.31. The van der Waals surface area contributed by atoms with Crippen LogP contribution in [0.25, 0.3) is 0 Å². The zero-order valence-corrected chi connectivity index (χ0v) is 27.7. The van der Waals surface area contributed by atoms with Crippen LogP contribution in [0, 0.1) is 0 Å². The second kappa shape index (κ2) is 15.3. The maximum Gasteiger partial charge on any atom is 0.174 e. The van der Waals surface area contributed by atoms with Gasteiger partial charge in [-0.25, -0.2) is 0 Å². The van der Waals surface area contributed by atoms with E-state index in [0.29, 0.717) is 24.7 Å². The summed E-state index contributed by atoms with van der Waals surface area (Å²) in [5.74, 6) is 1.47. The minimum Gasteiger partial charge on any atom is -0.507 e. The second-order valence-corrected chi connectivity index (χ2v) is 13.3. The normalized spacial score (nSPS) is 17.6. The second-order valence-electron chi connectivity index (χ2n) is 13.3. The molecule has 3 aliphatic heterocycles. The Balaban J connectivity index is 0.845. The highest BCUT2D eigenvalue weighted by Crippen LogP contribution is 2.42. The minimum absolute atomic E-state index is 0.0909. The van der Waals surface area contributed by atoms with E-state index in [-0.39, 0.29) is 23.5 Å². The fraction of sp³-hybridized carbons (Fsp3) is 0.390. The van der Waals surface area contributed by atoms with Crippen LogP contribution in [-0.2, 0) is 25.9 Å². The molecule has 0 saturated heterocycles. The van der Waals surface area contributed by atoms with Crippen molar-refractivity contribution in [2.75, 3.05) is 39.4 Å². The van der Waals surface area contributed by atoms with Crippen molar-refractivity contribution in [1.29, 1.82) is 0 Å². The van der Waals surface area contributed by atoms with Gasteiger partial charge in [0.05, 0.1) is 19.6 Å². The predicted octanol–water partition coefficient (Wildman–Crippen LogP) is 7.53. The standard InChI is InChI=1S/C41H46N2O5/c44-37-25-36(47-24-8-6-20-43-22-18-31-10-2-4-12-34(31)29-43)26-40-41(37)38(45)27-39(48-40)32-13-15-35(16-14-32)46-23-7-5-19-42-21-17-30-9-1-3-11-33(30)28-42/h1-4,9-16,25-26,39,44H,5-8,17-24,27-29H2. The van der Waals surface area contributed by atoms with Crippen molar-refractivity contribution in [3.63, 3.8) is 0 Å². The summed E-state index contributed by atoms with van der Waals surface area (Å²) >= 11 is 0. The molecule has 0 amide bonds. The molecule has 4 aromatic rings. The first-order valence-electron chi connectivity index (χ1n) is 17.6. The summed E-state index contributed by atoms with van der Waals surface area (Å²) < 4.78 is 18.3. The lowest BCUT2D eigenvalue weighted by molar-refractivity contribution is 0.0844. The molecule has 1 N–H and O–H groups in total. The number of carbonyl (C=O) groups is 1. The van der Waals surface area contributed by atoms with E-state index >= 15 is 0 Å². The molecular formula is C41H46N2O5. The number of unbranched alkanes of at least 4 members (excludes halogenated alkanes) is 2. The van der Waals surface area contributed by atoms with Crippen LogP contribution in [0.5, 0.6) is 23.0 Å². The molecule has 3 heterocycles. The van der Waals surface area contributed by atoms with E-state index in [9.17, 15) is 9.90 Å². The predicted molar refractivity (Wildman–Crippen MR) is 187 cm³/mol. The number of hydrogen-bond acceptors (Lipinski definition) is 7. The maximum atomic E-state index is 13.1. The number of fused-ring (bicyclic) bond motifs is 3. The lowest BCUT2D eigenvalue weighted by atomic mass is 9.95. The van der Waals surface area contributed by atoms with Crippen molar-refractivity contribution in [2.24, 2.45) is 0 Å². The first-order valence-corrected chi connectivity index (χ1v) is 17.6. The molecule has 0 saturated carbocycles. The summed E-state index contributed by atoms with van der Waals surface area (Å²) in [6.45, 7) is 7.59. The van der Waals surface area contributed by atoms with Gasteiger partial charge in [0.2, 0.25) is 0 Å². The number of ketones is 1. The van der Waals surface area contributed by atoms with Crippen LogP contribution >= 0.6 is 0 Å². The van der Waals surface area contributed by atoms with Gasteiger partial charge in [-0.2, -0.15) is 0 Å². The molecule has 0 bridgehead atoms.